The summed E-state index contributed by atoms with van der Waals surface area (Å²) in [4.78, 5) is 14.9. The van der Waals surface area contributed by atoms with Gasteiger partial charge >= 0.3 is 5.97 Å². The SMILES string of the molecule is COc1ccc(OC)c(-c2cncc(C(=O)O)c2)c1. The molecule has 0 atom stereocenters. The van der Waals surface area contributed by atoms with E-state index in [0.717, 1.165) is 5.56 Å². The van der Waals surface area contributed by atoms with Crippen LogP contribution in [0.15, 0.2) is 36.7 Å². The van der Waals surface area contributed by atoms with Crippen LogP contribution < -0.4 is 9.47 Å². The molecule has 5 heteroatoms. The van der Waals surface area contributed by atoms with E-state index in [1.807, 2.05) is 0 Å². The molecule has 0 radical (unpaired) electrons. The molecule has 0 amide bonds. The molecule has 1 heterocycles. The summed E-state index contributed by atoms with van der Waals surface area (Å²) in [5.41, 5.74) is 1.52. The van der Waals surface area contributed by atoms with Gasteiger partial charge in [-0.3, -0.25) is 4.98 Å². The normalized spacial score (nSPS) is 10.0. The van der Waals surface area contributed by atoms with E-state index in [9.17, 15) is 4.79 Å². The first kappa shape index (κ1) is 12.9. The summed E-state index contributed by atoms with van der Waals surface area (Å²) >= 11 is 0. The number of ether oxygens (including phenoxy) is 2. The highest BCUT2D eigenvalue weighted by atomic mass is 16.5. The van der Waals surface area contributed by atoms with E-state index in [1.54, 1.807) is 44.7 Å². The summed E-state index contributed by atoms with van der Waals surface area (Å²) in [6.07, 6.45) is 2.89. The zero-order chi connectivity index (χ0) is 13.8. The Bertz CT molecular complexity index is 610. The van der Waals surface area contributed by atoms with Crippen LogP contribution in [0.2, 0.25) is 0 Å². The van der Waals surface area contributed by atoms with Gasteiger partial charge in [-0.15, -0.1) is 0 Å². The second-order valence-corrected chi connectivity index (χ2v) is 3.83. The molecule has 0 aliphatic heterocycles. The maximum Gasteiger partial charge on any atom is 0.337 e. The van der Waals surface area contributed by atoms with Crippen LogP contribution in [0.5, 0.6) is 11.5 Å². The highest BCUT2D eigenvalue weighted by Gasteiger charge is 2.11. The summed E-state index contributed by atoms with van der Waals surface area (Å²) in [6.45, 7) is 0. The van der Waals surface area contributed by atoms with Crippen molar-refractivity contribution < 1.29 is 19.4 Å². The number of hydrogen-bond donors (Lipinski definition) is 1. The van der Waals surface area contributed by atoms with Gasteiger partial charge in [-0.25, -0.2) is 4.79 Å². The molecule has 0 aliphatic carbocycles. The van der Waals surface area contributed by atoms with Gasteiger partial charge in [-0.2, -0.15) is 0 Å². The van der Waals surface area contributed by atoms with Crippen LogP contribution in [-0.2, 0) is 0 Å². The zero-order valence-corrected chi connectivity index (χ0v) is 10.6. The van der Waals surface area contributed by atoms with Crippen LogP contribution in [0.3, 0.4) is 0 Å². The molecular weight excluding hydrogens is 246 g/mol. The fourth-order valence-electron chi connectivity index (χ4n) is 1.74. The molecule has 1 N–H and O–H groups in total. The molecular formula is C14H13NO4. The number of rotatable bonds is 4. The predicted octanol–water partition coefficient (Wildman–Crippen LogP) is 2.46. The Labute approximate surface area is 110 Å². The van der Waals surface area contributed by atoms with Gasteiger partial charge < -0.3 is 14.6 Å². The standard InChI is InChI=1S/C14H13NO4/c1-18-11-3-4-13(19-2)12(6-11)9-5-10(14(16)17)8-15-7-9/h3-8H,1-2H3,(H,16,17). The second kappa shape index (κ2) is 5.39. The maximum absolute atomic E-state index is 11.0. The predicted molar refractivity (Wildman–Crippen MR) is 69.7 cm³/mol. The number of benzene rings is 1. The molecule has 1 aromatic carbocycles. The van der Waals surface area contributed by atoms with Crippen LogP contribution in [0.1, 0.15) is 10.4 Å². The van der Waals surface area contributed by atoms with Crippen molar-refractivity contribution in [1.82, 2.24) is 4.98 Å². The quantitative estimate of drug-likeness (QED) is 0.913. The molecule has 2 rings (SSSR count). The lowest BCUT2D eigenvalue weighted by Crippen LogP contribution is -1.98. The summed E-state index contributed by atoms with van der Waals surface area (Å²) in [6, 6.07) is 6.87. The fraction of sp³-hybridized carbons (Fsp3) is 0.143. The lowest BCUT2D eigenvalue weighted by atomic mass is 10.0. The topological polar surface area (TPSA) is 68.7 Å². The lowest BCUT2D eigenvalue weighted by Gasteiger charge is -2.10. The molecule has 98 valence electrons. The van der Waals surface area contributed by atoms with Gasteiger partial charge in [-0.1, -0.05) is 0 Å². The zero-order valence-electron chi connectivity index (χ0n) is 10.6. The largest absolute Gasteiger partial charge is 0.497 e. The number of carboxylic acids is 1. The number of aromatic carboxylic acids is 1. The molecule has 0 fully saturated rings. The summed E-state index contributed by atoms with van der Waals surface area (Å²) in [5, 5.41) is 8.99. The van der Waals surface area contributed by atoms with E-state index in [-0.39, 0.29) is 5.56 Å². The highest BCUT2D eigenvalue weighted by molar-refractivity contribution is 5.89. The number of carboxylic acid groups (broad SMARTS) is 1. The minimum absolute atomic E-state index is 0.127. The number of pyridine rings is 1. The van der Waals surface area contributed by atoms with Crippen molar-refractivity contribution in [2.75, 3.05) is 14.2 Å². The smallest absolute Gasteiger partial charge is 0.337 e. The van der Waals surface area contributed by atoms with Crippen LogP contribution in [0.4, 0.5) is 0 Å². The minimum atomic E-state index is -1.02. The molecule has 0 spiro atoms. The van der Waals surface area contributed by atoms with Gasteiger partial charge in [-0.05, 0) is 24.3 Å². The van der Waals surface area contributed by atoms with Crippen molar-refractivity contribution in [2.45, 2.75) is 0 Å². The third-order valence-corrected chi connectivity index (χ3v) is 2.70. The fourth-order valence-corrected chi connectivity index (χ4v) is 1.74. The van der Waals surface area contributed by atoms with Gasteiger partial charge in [0.2, 0.25) is 0 Å². The summed E-state index contributed by atoms with van der Waals surface area (Å²) in [7, 11) is 3.12. The van der Waals surface area contributed by atoms with Crippen LogP contribution >= 0.6 is 0 Å². The third kappa shape index (κ3) is 2.65. The van der Waals surface area contributed by atoms with Crippen LogP contribution in [0, 0.1) is 0 Å². The minimum Gasteiger partial charge on any atom is -0.497 e. The molecule has 0 aliphatic rings. The van der Waals surface area contributed by atoms with Gasteiger partial charge in [0.15, 0.2) is 0 Å². The van der Waals surface area contributed by atoms with E-state index in [4.69, 9.17) is 14.6 Å². The van der Waals surface area contributed by atoms with E-state index < -0.39 is 5.97 Å². The van der Waals surface area contributed by atoms with Crippen LogP contribution in [-0.4, -0.2) is 30.3 Å². The third-order valence-electron chi connectivity index (χ3n) is 2.70. The Morgan fingerprint density at radius 1 is 1.16 bits per heavy atom. The Hall–Kier alpha value is -2.56. The molecule has 0 bridgehead atoms. The first-order chi connectivity index (χ1) is 9.15. The average Bonchev–Trinajstić information content (AvgIpc) is 2.46. The Morgan fingerprint density at radius 3 is 2.58 bits per heavy atom. The highest BCUT2D eigenvalue weighted by Crippen LogP contribution is 2.33. The first-order valence-electron chi connectivity index (χ1n) is 5.56. The Kier molecular flexibility index (Phi) is 3.66. The van der Waals surface area contributed by atoms with Gasteiger partial charge in [0.05, 0.1) is 19.8 Å². The molecule has 0 saturated heterocycles. The number of methoxy groups -OCH3 is 2. The molecule has 2 aromatic rings. The average molecular weight is 259 g/mol. The summed E-state index contributed by atoms with van der Waals surface area (Å²) < 4.78 is 10.4. The molecule has 19 heavy (non-hydrogen) atoms. The van der Waals surface area contributed by atoms with Gasteiger partial charge in [0, 0.05) is 23.5 Å². The molecule has 1 aromatic heterocycles. The number of hydrogen-bond acceptors (Lipinski definition) is 4. The molecule has 5 nitrogen and oxygen atoms in total. The number of carbonyl (C=O) groups is 1. The maximum atomic E-state index is 11.0. The van der Waals surface area contributed by atoms with Gasteiger partial charge in [0.25, 0.3) is 0 Å². The summed E-state index contributed by atoms with van der Waals surface area (Å²) in [5.74, 6) is 0.276. The van der Waals surface area contributed by atoms with Crippen molar-refractivity contribution in [3.8, 4) is 22.6 Å². The molecule has 0 saturated carbocycles. The van der Waals surface area contributed by atoms with E-state index >= 15 is 0 Å². The van der Waals surface area contributed by atoms with E-state index in [1.165, 1.54) is 6.20 Å². The van der Waals surface area contributed by atoms with Gasteiger partial charge in [0.1, 0.15) is 11.5 Å². The van der Waals surface area contributed by atoms with Crippen molar-refractivity contribution in [1.29, 1.82) is 0 Å². The first-order valence-corrected chi connectivity index (χ1v) is 5.56. The molecule has 0 unspecified atom stereocenters. The van der Waals surface area contributed by atoms with Crippen molar-refractivity contribution in [3.05, 3.63) is 42.2 Å². The number of aromatic nitrogens is 1. The Morgan fingerprint density at radius 2 is 1.95 bits per heavy atom. The van der Waals surface area contributed by atoms with E-state index in [2.05, 4.69) is 4.98 Å². The monoisotopic (exact) mass is 259 g/mol. The lowest BCUT2D eigenvalue weighted by molar-refractivity contribution is 0.0696. The van der Waals surface area contributed by atoms with Crippen molar-refractivity contribution >= 4 is 5.97 Å². The number of nitrogens with zero attached hydrogens (tertiary/aromatic N) is 1. The Balaban J connectivity index is 2.56. The second-order valence-electron chi connectivity index (χ2n) is 3.83. The van der Waals surface area contributed by atoms with Crippen molar-refractivity contribution in [3.63, 3.8) is 0 Å². The van der Waals surface area contributed by atoms with E-state index in [0.29, 0.717) is 17.1 Å². The van der Waals surface area contributed by atoms with Crippen LogP contribution in [0.25, 0.3) is 11.1 Å². The van der Waals surface area contributed by atoms with Crippen molar-refractivity contribution in [2.24, 2.45) is 0 Å².